The number of aromatic nitrogens is 3. The number of nitrogens with two attached hydrogens (primary N) is 1. The summed E-state index contributed by atoms with van der Waals surface area (Å²) in [5, 5.41) is 15.7. The largest absolute Gasteiger partial charge is 0.476 e. The van der Waals surface area contributed by atoms with Gasteiger partial charge in [-0.2, -0.15) is 5.10 Å². The number of carbonyl (C=O) groups is 2. The number of amides is 1. The zero-order chi connectivity index (χ0) is 40.1. The number of thioether (sulfide) groups is 1. The minimum Gasteiger partial charge on any atom is -0.476 e. The van der Waals surface area contributed by atoms with Crippen LogP contribution in [0.5, 0.6) is 0 Å². The Morgan fingerprint density at radius 3 is 2.45 bits per heavy atom. The molecule has 3 aromatic rings. The third-order valence-electron chi connectivity index (χ3n) is 12.3. The zero-order valence-electron chi connectivity index (χ0n) is 33.3. The molecule has 2 bridgehead atoms. The molecule has 4 unspecified atom stereocenters. The highest BCUT2D eigenvalue weighted by Gasteiger charge is 2.59. The first-order valence-electron chi connectivity index (χ1n) is 19.0. The van der Waals surface area contributed by atoms with Crippen LogP contribution in [-0.2, 0) is 24.3 Å². The summed E-state index contributed by atoms with van der Waals surface area (Å²) in [4.78, 5) is 41.2. The molecule has 2 saturated carbocycles. The Balaban J connectivity index is 1.25. The molecule has 3 aliphatic rings. The van der Waals surface area contributed by atoms with Gasteiger partial charge < -0.3 is 14.9 Å². The Labute approximate surface area is 328 Å². The van der Waals surface area contributed by atoms with Gasteiger partial charge >= 0.3 is 5.97 Å². The smallest absolute Gasteiger partial charge is 0.355 e. The van der Waals surface area contributed by atoms with Crippen LogP contribution in [0.4, 0.5) is 10.2 Å². The number of carboxylic acid groups (broad SMARTS) is 1. The molecule has 3 heterocycles. The van der Waals surface area contributed by atoms with E-state index in [-0.39, 0.29) is 40.2 Å². The second-order valence-corrected chi connectivity index (χ2v) is 18.4. The molecule has 55 heavy (non-hydrogen) atoms. The molecule has 6 rings (SSSR count). The predicted molar refractivity (Wildman–Crippen MR) is 217 cm³/mol. The highest BCUT2D eigenvalue weighted by Crippen LogP contribution is 2.63. The summed E-state index contributed by atoms with van der Waals surface area (Å²) in [5.41, 5.74) is 3.00. The van der Waals surface area contributed by atoms with Crippen molar-refractivity contribution in [3.63, 3.8) is 0 Å². The van der Waals surface area contributed by atoms with E-state index in [2.05, 4.69) is 45.8 Å². The molecule has 294 valence electrons. The van der Waals surface area contributed by atoms with Crippen LogP contribution in [0.2, 0.25) is 0 Å². The summed E-state index contributed by atoms with van der Waals surface area (Å²) in [5.74, 6) is 4.64. The van der Waals surface area contributed by atoms with Gasteiger partial charge in [-0.05, 0) is 104 Å². The summed E-state index contributed by atoms with van der Waals surface area (Å²) in [6.45, 7) is 22.4. The fourth-order valence-corrected chi connectivity index (χ4v) is 11.1. The standard InChI is InChI=1S/C43H55FN6O4S/c1-10-12-27(3)55-29(5)48(9)38(51)32-13-15-35(44)30-17-18-49(20-34(30)32)36-16-14-31(37(47-36)39(52)53)33-19-46-50(28(33)4)26-42(8)22-41(7)21-40(6,11-2)23-43(24-41,25-42)54-45/h10,12-16,19H,3,5,11,17-18,20-26,45H2,1-2,4,6-9H3,(H,52,53)/b12-10-. The van der Waals surface area contributed by atoms with Gasteiger partial charge in [0.25, 0.3) is 5.91 Å². The first-order chi connectivity index (χ1) is 25.9. The lowest BCUT2D eigenvalue weighted by Crippen LogP contribution is -2.58. The molecule has 0 spiro atoms. The minimum absolute atomic E-state index is 0.0789. The first kappa shape index (κ1) is 40.4. The lowest BCUT2D eigenvalue weighted by molar-refractivity contribution is -0.199. The maximum atomic E-state index is 15.1. The van der Waals surface area contributed by atoms with E-state index < -0.39 is 11.6 Å². The molecule has 1 amide bonds. The van der Waals surface area contributed by atoms with Crippen LogP contribution < -0.4 is 10.8 Å². The third-order valence-corrected chi connectivity index (χ3v) is 13.2. The van der Waals surface area contributed by atoms with Crippen molar-refractivity contribution in [3.05, 3.63) is 99.6 Å². The summed E-state index contributed by atoms with van der Waals surface area (Å²) in [6.07, 6.45) is 11.6. The molecule has 12 heteroatoms. The molecule has 2 fully saturated rings. The van der Waals surface area contributed by atoms with Crippen LogP contribution in [0.15, 0.2) is 65.7 Å². The van der Waals surface area contributed by atoms with E-state index in [1.807, 2.05) is 35.6 Å². The number of halogens is 1. The molecule has 3 N–H and O–H groups in total. The second kappa shape index (κ2) is 15.0. The number of fused-ring (bicyclic) bond motifs is 3. The number of hydrogen-bond donors (Lipinski definition) is 2. The number of carbonyl (C=O) groups excluding carboxylic acids is 1. The number of carboxylic acids is 1. The Hall–Kier alpha value is -4.26. The zero-order valence-corrected chi connectivity index (χ0v) is 34.1. The summed E-state index contributed by atoms with van der Waals surface area (Å²) in [7, 11) is 1.63. The van der Waals surface area contributed by atoms with Crippen LogP contribution in [0, 0.1) is 29.0 Å². The number of benzene rings is 1. The number of allylic oxidation sites excluding steroid dienone is 2. The number of rotatable bonds is 12. The maximum Gasteiger partial charge on any atom is 0.355 e. The van der Waals surface area contributed by atoms with Gasteiger partial charge in [-0.1, -0.05) is 71.2 Å². The van der Waals surface area contributed by atoms with Gasteiger partial charge in [0.1, 0.15) is 11.6 Å². The fourth-order valence-electron chi connectivity index (χ4n) is 10.4. The van der Waals surface area contributed by atoms with Crippen molar-refractivity contribution in [2.75, 3.05) is 18.5 Å². The lowest BCUT2D eigenvalue weighted by Gasteiger charge is -2.61. The monoisotopic (exact) mass is 770 g/mol. The second-order valence-electron chi connectivity index (χ2n) is 17.2. The normalized spacial score (nSPS) is 26.2. The summed E-state index contributed by atoms with van der Waals surface area (Å²) in [6, 6.07) is 6.39. The Kier molecular flexibility index (Phi) is 11.0. The molecule has 0 saturated heterocycles. The van der Waals surface area contributed by atoms with Crippen molar-refractivity contribution in [1.29, 1.82) is 0 Å². The minimum atomic E-state index is -1.17. The molecular weight excluding hydrogens is 716 g/mol. The molecule has 1 aromatic carbocycles. The first-order valence-corrected chi connectivity index (χ1v) is 19.9. The van der Waals surface area contributed by atoms with Gasteiger partial charge in [0.2, 0.25) is 0 Å². The van der Waals surface area contributed by atoms with Crippen molar-refractivity contribution in [2.24, 2.45) is 22.1 Å². The van der Waals surface area contributed by atoms with E-state index in [4.69, 9.17) is 15.8 Å². The van der Waals surface area contributed by atoms with Gasteiger partial charge in [-0.25, -0.2) is 20.1 Å². The van der Waals surface area contributed by atoms with Crippen molar-refractivity contribution in [3.8, 4) is 11.1 Å². The lowest BCUT2D eigenvalue weighted by atomic mass is 9.47. The van der Waals surface area contributed by atoms with E-state index >= 15 is 4.39 Å². The van der Waals surface area contributed by atoms with Gasteiger partial charge in [-0.3, -0.25) is 14.3 Å². The topological polar surface area (TPSA) is 127 Å². The number of hydrogen-bond acceptors (Lipinski definition) is 8. The van der Waals surface area contributed by atoms with Crippen molar-refractivity contribution in [2.45, 2.75) is 105 Å². The molecule has 10 nitrogen and oxygen atoms in total. The van der Waals surface area contributed by atoms with Gasteiger partial charge in [-0.15, -0.1) is 0 Å². The van der Waals surface area contributed by atoms with E-state index in [0.29, 0.717) is 58.2 Å². The van der Waals surface area contributed by atoms with Crippen LogP contribution in [0.1, 0.15) is 111 Å². The molecule has 4 atom stereocenters. The highest BCUT2D eigenvalue weighted by atomic mass is 32.2. The van der Waals surface area contributed by atoms with Crippen LogP contribution >= 0.6 is 11.8 Å². The Morgan fingerprint density at radius 2 is 1.78 bits per heavy atom. The molecule has 1 aliphatic heterocycles. The fraction of sp³-hybridized carbons (Fsp3) is 0.488. The van der Waals surface area contributed by atoms with Gasteiger partial charge in [0.15, 0.2) is 5.69 Å². The van der Waals surface area contributed by atoms with E-state index in [0.717, 1.165) is 49.1 Å². The van der Waals surface area contributed by atoms with Crippen molar-refractivity contribution in [1.82, 2.24) is 19.7 Å². The van der Waals surface area contributed by atoms with Crippen LogP contribution in [-0.4, -0.2) is 55.8 Å². The SMILES string of the molecule is C=C(/C=C\C)SC(=C)N(C)C(=O)c1ccc(F)c2c1CN(c1ccc(-c3cnn(CC4(C)CC5(C)CC(C)(CC)CC(ON)(C4)C5)c3C)c(C(=O)O)n1)CC2. The average Bonchev–Trinajstić information content (AvgIpc) is 3.47. The van der Waals surface area contributed by atoms with Crippen LogP contribution in [0.3, 0.4) is 0 Å². The number of anilines is 1. The number of nitrogens with zero attached hydrogens (tertiary/aromatic N) is 5. The van der Waals surface area contributed by atoms with Gasteiger partial charge in [0, 0.05) is 54.0 Å². The molecule has 2 aromatic heterocycles. The van der Waals surface area contributed by atoms with E-state index in [1.54, 1.807) is 25.4 Å². The Morgan fingerprint density at radius 1 is 1.07 bits per heavy atom. The van der Waals surface area contributed by atoms with E-state index in [9.17, 15) is 14.7 Å². The summed E-state index contributed by atoms with van der Waals surface area (Å²) < 4.78 is 17.1. The number of aromatic carboxylic acids is 1. The number of pyridine rings is 1. The van der Waals surface area contributed by atoms with Crippen molar-refractivity contribution >= 4 is 29.5 Å². The quantitative estimate of drug-likeness (QED) is 0.137. The van der Waals surface area contributed by atoms with Crippen LogP contribution in [0.25, 0.3) is 11.1 Å². The van der Waals surface area contributed by atoms with E-state index in [1.165, 1.54) is 28.8 Å². The highest BCUT2D eigenvalue weighted by molar-refractivity contribution is 8.06. The Bertz CT molecular complexity index is 2080. The van der Waals surface area contributed by atoms with Gasteiger partial charge in [0.05, 0.1) is 16.8 Å². The van der Waals surface area contributed by atoms with Crippen molar-refractivity contribution < 1.29 is 23.9 Å². The molecular formula is C43H55FN6O4S. The third kappa shape index (κ3) is 7.91. The average molecular weight is 771 g/mol. The maximum absolute atomic E-state index is 15.1. The molecule has 0 radical (unpaired) electrons. The molecule has 2 aliphatic carbocycles. The summed E-state index contributed by atoms with van der Waals surface area (Å²) >= 11 is 1.28. The predicted octanol–water partition coefficient (Wildman–Crippen LogP) is 9.06.